The van der Waals surface area contributed by atoms with Gasteiger partial charge in [0.1, 0.15) is 0 Å². The fraction of sp³-hybridized carbons (Fsp3) is 0.105. The van der Waals surface area contributed by atoms with Gasteiger partial charge in [0.15, 0.2) is 0 Å². The number of halogens is 1. The molecule has 110 valence electrons. The maximum atomic E-state index is 6.01. The number of nitrogens with zero attached hydrogens (tertiary/aromatic N) is 2. The minimum absolute atomic E-state index is 0.751. The van der Waals surface area contributed by atoms with Crippen LogP contribution >= 0.6 is 11.6 Å². The van der Waals surface area contributed by atoms with Gasteiger partial charge in [-0.15, -0.1) is 0 Å². The molecule has 0 atom stereocenters. The highest BCUT2D eigenvalue weighted by Gasteiger charge is 2.09. The van der Waals surface area contributed by atoms with E-state index >= 15 is 0 Å². The summed E-state index contributed by atoms with van der Waals surface area (Å²) in [6, 6.07) is 24.4. The summed E-state index contributed by atoms with van der Waals surface area (Å²) in [6.07, 6.45) is 1.83. The van der Waals surface area contributed by atoms with Gasteiger partial charge in [-0.3, -0.25) is 4.98 Å². The standard InChI is InChI=1S/C19H17ClN2/c20-17-9-11-19(12-10-17)22(14-16-6-2-1-3-7-16)15-18-8-4-5-13-21-18/h1-13H,14-15H2. The van der Waals surface area contributed by atoms with Crippen LogP contribution < -0.4 is 4.90 Å². The van der Waals surface area contributed by atoms with Crippen molar-refractivity contribution >= 4 is 17.3 Å². The molecule has 2 nitrogen and oxygen atoms in total. The van der Waals surface area contributed by atoms with Gasteiger partial charge in [-0.1, -0.05) is 48.0 Å². The van der Waals surface area contributed by atoms with E-state index < -0.39 is 0 Å². The molecule has 3 heteroatoms. The van der Waals surface area contributed by atoms with Crippen LogP contribution in [0.3, 0.4) is 0 Å². The topological polar surface area (TPSA) is 16.1 Å². The summed E-state index contributed by atoms with van der Waals surface area (Å²) in [5, 5.41) is 0.751. The Morgan fingerprint density at radius 2 is 1.50 bits per heavy atom. The largest absolute Gasteiger partial charge is 0.361 e. The number of pyridine rings is 1. The fourth-order valence-corrected chi connectivity index (χ4v) is 2.51. The average molecular weight is 309 g/mol. The Kier molecular flexibility index (Phi) is 4.71. The molecule has 3 rings (SSSR count). The van der Waals surface area contributed by atoms with Gasteiger partial charge in [0.05, 0.1) is 12.2 Å². The first-order valence-corrected chi connectivity index (χ1v) is 7.63. The highest BCUT2D eigenvalue weighted by molar-refractivity contribution is 6.30. The van der Waals surface area contributed by atoms with E-state index in [2.05, 4.69) is 34.1 Å². The summed E-state index contributed by atoms with van der Waals surface area (Å²) in [5.41, 5.74) is 3.46. The number of rotatable bonds is 5. The number of hydrogen-bond acceptors (Lipinski definition) is 2. The zero-order valence-electron chi connectivity index (χ0n) is 12.2. The average Bonchev–Trinajstić information content (AvgIpc) is 2.57. The van der Waals surface area contributed by atoms with E-state index in [1.165, 1.54) is 5.56 Å². The minimum atomic E-state index is 0.751. The van der Waals surface area contributed by atoms with Gasteiger partial charge in [0.25, 0.3) is 0 Å². The van der Waals surface area contributed by atoms with Crippen molar-refractivity contribution in [3.63, 3.8) is 0 Å². The van der Waals surface area contributed by atoms with Crippen molar-refractivity contribution in [1.29, 1.82) is 0 Å². The van der Waals surface area contributed by atoms with Crippen molar-refractivity contribution in [2.24, 2.45) is 0 Å². The molecule has 0 N–H and O–H groups in total. The van der Waals surface area contributed by atoms with Gasteiger partial charge in [-0.2, -0.15) is 0 Å². The number of benzene rings is 2. The molecule has 0 saturated carbocycles. The molecule has 1 aromatic heterocycles. The van der Waals surface area contributed by atoms with Crippen molar-refractivity contribution < 1.29 is 0 Å². The molecule has 0 bridgehead atoms. The second-order valence-electron chi connectivity index (χ2n) is 5.14. The number of anilines is 1. The molecule has 0 aliphatic heterocycles. The zero-order valence-corrected chi connectivity index (χ0v) is 12.9. The van der Waals surface area contributed by atoms with Gasteiger partial charge in [0.2, 0.25) is 0 Å². The van der Waals surface area contributed by atoms with E-state index in [0.717, 1.165) is 29.5 Å². The lowest BCUT2D eigenvalue weighted by Gasteiger charge is -2.25. The highest BCUT2D eigenvalue weighted by atomic mass is 35.5. The van der Waals surface area contributed by atoms with E-state index in [4.69, 9.17) is 11.6 Å². The molecule has 2 aromatic carbocycles. The van der Waals surface area contributed by atoms with Crippen LogP contribution in [0.1, 0.15) is 11.3 Å². The van der Waals surface area contributed by atoms with Crippen LogP contribution in [0.4, 0.5) is 5.69 Å². The summed E-state index contributed by atoms with van der Waals surface area (Å²) in [7, 11) is 0. The van der Waals surface area contributed by atoms with Crippen LogP contribution in [-0.2, 0) is 13.1 Å². The molecule has 0 aliphatic rings. The Morgan fingerprint density at radius 1 is 0.773 bits per heavy atom. The lowest BCUT2D eigenvalue weighted by Crippen LogP contribution is -2.22. The highest BCUT2D eigenvalue weighted by Crippen LogP contribution is 2.22. The van der Waals surface area contributed by atoms with Crippen LogP contribution in [0.25, 0.3) is 0 Å². The molecule has 0 radical (unpaired) electrons. The van der Waals surface area contributed by atoms with Crippen molar-refractivity contribution in [2.75, 3.05) is 4.90 Å². The molecule has 0 fully saturated rings. The maximum absolute atomic E-state index is 6.01. The molecule has 1 heterocycles. The van der Waals surface area contributed by atoms with Gasteiger partial charge in [-0.25, -0.2) is 0 Å². The second kappa shape index (κ2) is 7.10. The van der Waals surface area contributed by atoms with E-state index in [1.54, 1.807) is 0 Å². The summed E-state index contributed by atoms with van der Waals surface area (Å²) >= 11 is 6.01. The Labute approximate surface area is 136 Å². The smallest absolute Gasteiger partial charge is 0.0605 e. The lowest BCUT2D eigenvalue weighted by atomic mass is 10.2. The maximum Gasteiger partial charge on any atom is 0.0605 e. The summed E-state index contributed by atoms with van der Waals surface area (Å²) < 4.78 is 0. The second-order valence-corrected chi connectivity index (χ2v) is 5.58. The molecular formula is C19H17ClN2. The monoisotopic (exact) mass is 308 g/mol. The summed E-state index contributed by atoms with van der Waals surface area (Å²) in [4.78, 5) is 6.74. The van der Waals surface area contributed by atoms with Gasteiger partial charge in [-0.05, 0) is 42.0 Å². The third-order valence-corrected chi connectivity index (χ3v) is 3.74. The third kappa shape index (κ3) is 3.86. The third-order valence-electron chi connectivity index (χ3n) is 3.49. The van der Waals surface area contributed by atoms with E-state index in [0.29, 0.717) is 0 Å². The van der Waals surface area contributed by atoms with Gasteiger partial charge in [0, 0.05) is 23.5 Å². The Hall–Kier alpha value is -2.32. The molecule has 3 aromatic rings. The van der Waals surface area contributed by atoms with Crippen LogP contribution in [0, 0.1) is 0 Å². The first-order chi connectivity index (χ1) is 10.8. The normalized spacial score (nSPS) is 10.4. The number of hydrogen-bond donors (Lipinski definition) is 0. The number of aromatic nitrogens is 1. The Morgan fingerprint density at radius 3 is 2.18 bits per heavy atom. The molecule has 0 unspecified atom stereocenters. The van der Waals surface area contributed by atoms with Crippen LogP contribution in [0.5, 0.6) is 0 Å². The molecule has 0 saturated heterocycles. The first kappa shape index (κ1) is 14.6. The summed E-state index contributed by atoms with van der Waals surface area (Å²) in [5.74, 6) is 0. The predicted molar refractivity (Wildman–Crippen MR) is 92.0 cm³/mol. The van der Waals surface area contributed by atoms with E-state index in [9.17, 15) is 0 Å². The minimum Gasteiger partial charge on any atom is -0.361 e. The molecule has 0 amide bonds. The molecule has 0 spiro atoms. The van der Waals surface area contributed by atoms with Crippen LogP contribution in [0.2, 0.25) is 5.02 Å². The quantitative estimate of drug-likeness (QED) is 0.663. The Bertz CT molecular complexity index is 655. The van der Waals surface area contributed by atoms with Crippen LogP contribution in [-0.4, -0.2) is 4.98 Å². The van der Waals surface area contributed by atoms with Crippen molar-refractivity contribution in [3.05, 3.63) is 95.3 Å². The summed E-state index contributed by atoms with van der Waals surface area (Å²) in [6.45, 7) is 1.59. The van der Waals surface area contributed by atoms with Crippen molar-refractivity contribution in [1.82, 2.24) is 4.98 Å². The van der Waals surface area contributed by atoms with Crippen molar-refractivity contribution in [2.45, 2.75) is 13.1 Å². The zero-order chi connectivity index (χ0) is 15.2. The molecule has 0 aliphatic carbocycles. The van der Waals surface area contributed by atoms with E-state index in [-0.39, 0.29) is 0 Å². The molecule has 22 heavy (non-hydrogen) atoms. The van der Waals surface area contributed by atoms with Gasteiger partial charge >= 0.3 is 0 Å². The van der Waals surface area contributed by atoms with Crippen LogP contribution in [0.15, 0.2) is 79.0 Å². The fourth-order valence-electron chi connectivity index (χ4n) is 2.38. The van der Waals surface area contributed by atoms with E-state index in [1.807, 2.05) is 54.7 Å². The Balaban J connectivity index is 1.86. The van der Waals surface area contributed by atoms with Gasteiger partial charge < -0.3 is 4.90 Å². The first-order valence-electron chi connectivity index (χ1n) is 7.25. The lowest BCUT2D eigenvalue weighted by molar-refractivity contribution is 0.781. The molecular weight excluding hydrogens is 292 g/mol. The SMILES string of the molecule is Clc1ccc(N(Cc2ccccc2)Cc2ccccn2)cc1. The predicted octanol–water partition coefficient (Wildman–Crippen LogP) is 4.94. The van der Waals surface area contributed by atoms with Crippen molar-refractivity contribution in [3.8, 4) is 0 Å².